The van der Waals surface area contributed by atoms with Crippen molar-refractivity contribution in [1.29, 1.82) is 0 Å². The first-order chi connectivity index (χ1) is 19.7. The van der Waals surface area contributed by atoms with Crippen molar-refractivity contribution in [3.63, 3.8) is 0 Å². The van der Waals surface area contributed by atoms with Crippen LogP contribution in [0.15, 0.2) is 84.7 Å². The topological polar surface area (TPSA) is 89.0 Å². The standard InChI is InChI=1S/C32H43N3O5S/c1-5-7-12-25(6-2)16-17-31(36)34-22-29(39-4)30(23-34)40-32(3)18-10-13-26(21-32)24-41(37,38)35-20-11-15-28(35)27-14-8-9-19-33-27/h5-10,12-14,18-19,28-30H,1,11,15-17,20-24H2,2-4H3/b12-7-,25-6+. The van der Waals surface area contributed by atoms with Gasteiger partial charge in [-0.15, -0.1) is 0 Å². The maximum Gasteiger partial charge on any atom is 0.223 e. The lowest BCUT2D eigenvalue weighted by Crippen LogP contribution is -2.41. The Hall–Kier alpha value is -2.85. The van der Waals surface area contributed by atoms with Crippen LogP contribution >= 0.6 is 0 Å². The maximum absolute atomic E-state index is 13.6. The number of ether oxygens (including phenoxy) is 2. The molecule has 3 aliphatic rings. The second-order valence-electron chi connectivity index (χ2n) is 11.1. The number of nitrogens with zero attached hydrogens (tertiary/aromatic N) is 3. The van der Waals surface area contributed by atoms with Crippen LogP contribution in [0.3, 0.4) is 0 Å². The molecule has 0 radical (unpaired) electrons. The van der Waals surface area contributed by atoms with Gasteiger partial charge in [0.25, 0.3) is 0 Å². The van der Waals surface area contributed by atoms with Crippen molar-refractivity contribution in [1.82, 2.24) is 14.2 Å². The number of pyridine rings is 1. The van der Waals surface area contributed by atoms with E-state index in [0.717, 1.165) is 29.7 Å². The summed E-state index contributed by atoms with van der Waals surface area (Å²) < 4.78 is 41.0. The summed E-state index contributed by atoms with van der Waals surface area (Å²) in [5.74, 6) is 0.00417. The van der Waals surface area contributed by atoms with Crippen molar-refractivity contribution >= 4 is 15.9 Å². The van der Waals surface area contributed by atoms with Crippen LogP contribution < -0.4 is 0 Å². The maximum atomic E-state index is 13.6. The molecule has 222 valence electrons. The third-order valence-electron chi connectivity index (χ3n) is 8.05. The molecule has 0 spiro atoms. The third-order valence-corrected chi connectivity index (χ3v) is 9.94. The van der Waals surface area contributed by atoms with Gasteiger partial charge in [0.05, 0.1) is 23.1 Å². The molecule has 8 nitrogen and oxygen atoms in total. The average molecular weight is 582 g/mol. The molecule has 2 fully saturated rings. The lowest BCUT2D eigenvalue weighted by Gasteiger charge is -2.34. The van der Waals surface area contributed by atoms with Gasteiger partial charge in [-0.3, -0.25) is 9.78 Å². The predicted octanol–water partition coefficient (Wildman–Crippen LogP) is 4.90. The summed E-state index contributed by atoms with van der Waals surface area (Å²) in [6.45, 7) is 9.04. The molecule has 9 heteroatoms. The Kier molecular flexibility index (Phi) is 10.5. The highest BCUT2D eigenvalue weighted by Gasteiger charge is 2.42. The van der Waals surface area contributed by atoms with Crippen LogP contribution in [0, 0.1) is 0 Å². The minimum Gasteiger partial charge on any atom is -0.377 e. The van der Waals surface area contributed by atoms with E-state index in [0.29, 0.717) is 38.9 Å². The molecule has 2 aliphatic heterocycles. The Morgan fingerprint density at radius 1 is 1.24 bits per heavy atom. The van der Waals surface area contributed by atoms with Gasteiger partial charge in [0.15, 0.2) is 0 Å². The van der Waals surface area contributed by atoms with E-state index in [1.54, 1.807) is 23.7 Å². The molecule has 0 bridgehead atoms. The predicted molar refractivity (Wildman–Crippen MR) is 162 cm³/mol. The van der Waals surface area contributed by atoms with Gasteiger partial charge in [0, 0.05) is 45.8 Å². The van der Waals surface area contributed by atoms with Crippen LogP contribution in [-0.2, 0) is 24.3 Å². The van der Waals surface area contributed by atoms with Crippen molar-refractivity contribution in [2.75, 3.05) is 32.5 Å². The number of aromatic nitrogens is 1. The van der Waals surface area contributed by atoms with Crippen molar-refractivity contribution < 1.29 is 22.7 Å². The zero-order valence-corrected chi connectivity index (χ0v) is 25.3. The summed E-state index contributed by atoms with van der Waals surface area (Å²) in [5, 5.41) is 0. The average Bonchev–Trinajstić information content (AvgIpc) is 3.61. The molecular weight excluding hydrogens is 538 g/mol. The second kappa shape index (κ2) is 13.9. The molecule has 1 amide bonds. The quantitative estimate of drug-likeness (QED) is 0.326. The largest absolute Gasteiger partial charge is 0.377 e. The highest BCUT2D eigenvalue weighted by Crippen LogP contribution is 2.36. The lowest BCUT2D eigenvalue weighted by molar-refractivity contribution is -0.131. The van der Waals surface area contributed by atoms with E-state index in [2.05, 4.69) is 11.6 Å². The number of allylic oxidation sites excluding steroid dienone is 7. The van der Waals surface area contributed by atoms with E-state index in [-0.39, 0.29) is 29.9 Å². The van der Waals surface area contributed by atoms with E-state index in [9.17, 15) is 13.2 Å². The summed E-state index contributed by atoms with van der Waals surface area (Å²) in [4.78, 5) is 19.3. The Bertz CT molecular complexity index is 1300. The third kappa shape index (κ3) is 7.92. The number of carbonyl (C=O) groups excluding carboxylic acids is 1. The monoisotopic (exact) mass is 581 g/mol. The summed E-state index contributed by atoms with van der Waals surface area (Å²) in [5.41, 5.74) is 1.97. The van der Waals surface area contributed by atoms with Crippen LogP contribution in [0.25, 0.3) is 0 Å². The number of amides is 1. The number of carbonyl (C=O) groups is 1. The van der Waals surface area contributed by atoms with Gasteiger partial charge in [-0.25, -0.2) is 8.42 Å². The number of hydrogen-bond donors (Lipinski definition) is 0. The van der Waals surface area contributed by atoms with Gasteiger partial charge in [-0.1, -0.05) is 66.3 Å². The Labute approximate surface area is 245 Å². The van der Waals surface area contributed by atoms with Crippen LogP contribution in [0.1, 0.15) is 57.7 Å². The van der Waals surface area contributed by atoms with Crippen LogP contribution in [0.4, 0.5) is 0 Å². The van der Waals surface area contributed by atoms with Crippen molar-refractivity contribution in [3.05, 3.63) is 90.3 Å². The fourth-order valence-electron chi connectivity index (χ4n) is 5.95. The second-order valence-corrected chi connectivity index (χ2v) is 13.1. The number of rotatable bonds is 12. The molecular formula is C32H43N3O5S. The van der Waals surface area contributed by atoms with Crippen molar-refractivity contribution in [2.45, 2.75) is 69.8 Å². The molecule has 1 aliphatic carbocycles. The number of likely N-dealkylation sites (tertiary alicyclic amines) is 1. The van der Waals surface area contributed by atoms with Crippen LogP contribution in [0.5, 0.6) is 0 Å². The minimum atomic E-state index is -3.55. The SMILES string of the molecule is C=C/C=C\C(=C/C)CCC(=O)N1CC(OC)C(OC2(C)C=CC=C(CS(=O)(=O)N3CCCC3c3ccccn3)C2)C1. The van der Waals surface area contributed by atoms with Crippen LogP contribution in [0.2, 0.25) is 0 Å². The zero-order chi connectivity index (χ0) is 29.5. The normalized spacial score (nSPS) is 27.5. The first-order valence-electron chi connectivity index (χ1n) is 14.4. The smallest absolute Gasteiger partial charge is 0.223 e. The fourth-order valence-corrected chi connectivity index (χ4v) is 7.79. The molecule has 0 aromatic carbocycles. The van der Waals surface area contributed by atoms with Crippen LogP contribution in [-0.4, -0.2) is 78.8 Å². The molecule has 1 aromatic rings. The van der Waals surface area contributed by atoms with E-state index in [4.69, 9.17) is 9.47 Å². The molecule has 4 atom stereocenters. The van der Waals surface area contributed by atoms with E-state index in [1.807, 2.05) is 73.4 Å². The van der Waals surface area contributed by atoms with Gasteiger partial charge >= 0.3 is 0 Å². The molecule has 0 N–H and O–H groups in total. The van der Waals surface area contributed by atoms with Gasteiger partial charge in [0.1, 0.15) is 12.2 Å². The highest BCUT2D eigenvalue weighted by atomic mass is 32.2. The van der Waals surface area contributed by atoms with E-state index < -0.39 is 15.6 Å². The van der Waals surface area contributed by atoms with Gasteiger partial charge in [-0.2, -0.15) is 4.31 Å². The molecule has 3 heterocycles. The van der Waals surface area contributed by atoms with Crippen molar-refractivity contribution in [3.8, 4) is 0 Å². The summed E-state index contributed by atoms with van der Waals surface area (Å²) >= 11 is 0. The Morgan fingerprint density at radius 3 is 2.76 bits per heavy atom. The Balaban J connectivity index is 1.36. The minimum absolute atomic E-state index is 0.0593. The number of hydrogen-bond acceptors (Lipinski definition) is 6. The lowest BCUT2D eigenvalue weighted by atomic mass is 9.91. The first-order valence-corrected chi connectivity index (χ1v) is 16.0. The van der Waals surface area contributed by atoms with E-state index in [1.165, 1.54) is 0 Å². The number of methoxy groups -OCH3 is 1. The first kappa shape index (κ1) is 31.1. The molecule has 41 heavy (non-hydrogen) atoms. The van der Waals surface area contributed by atoms with Gasteiger partial charge < -0.3 is 14.4 Å². The molecule has 2 saturated heterocycles. The summed E-state index contributed by atoms with van der Waals surface area (Å²) in [7, 11) is -1.91. The zero-order valence-electron chi connectivity index (χ0n) is 24.4. The Morgan fingerprint density at radius 2 is 2.05 bits per heavy atom. The summed E-state index contributed by atoms with van der Waals surface area (Å²) in [6.07, 6.45) is 17.5. The fraction of sp³-hybridized carbons (Fsp3) is 0.500. The van der Waals surface area contributed by atoms with Crippen molar-refractivity contribution in [2.24, 2.45) is 0 Å². The molecule has 4 unspecified atom stereocenters. The summed E-state index contributed by atoms with van der Waals surface area (Å²) in [6, 6.07) is 5.41. The molecule has 0 saturated carbocycles. The molecule has 4 rings (SSSR count). The van der Waals surface area contributed by atoms with Gasteiger partial charge in [-0.05, 0) is 45.2 Å². The number of sulfonamides is 1. The van der Waals surface area contributed by atoms with E-state index >= 15 is 0 Å². The van der Waals surface area contributed by atoms with Gasteiger partial charge in [0.2, 0.25) is 15.9 Å². The highest BCUT2D eigenvalue weighted by molar-refractivity contribution is 7.89. The molecule has 1 aromatic heterocycles.